The van der Waals surface area contributed by atoms with Gasteiger partial charge in [0.15, 0.2) is 0 Å². The van der Waals surface area contributed by atoms with Crippen molar-refractivity contribution in [3.05, 3.63) is 29.6 Å². The zero-order chi connectivity index (χ0) is 13.7. The molecule has 0 saturated carbocycles. The number of nitriles is 1. The zero-order valence-electron chi connectivity index (χ0n) is 11.3. The summed E-state index contributed by atoms with van der Waals surface area (Å²) in [6.45, 7) is 2.85. The Bertz CT molecular complexity index is 459. The number of nitrogens with one attached hydrogen (secondary N) is 1. The second kappa shape index (κ2) is 6.53. The molecule has 0 radical (unpaired) electrons. The van der Waals surface area contributed by atoms with E-state index < -0.39 is 0 Å². The van der Waals surface area contributed by atoms with Crippen molar-refractivity contribution in [1.82, 2.24) is 5.32 Å². The van der Waals surface area contributed by atoms with Gasteiger partial charge in [-0.05, 0) is 57.0 Å². The minimum Gasteiger partial charge on any atom is -0.369 e. The normalized spacial score (nSPS) is 16.4. The molecule has 2 rings (SSSR count). The molecule has 0 bridgehead atoms. The van der Waals surface area contributed by atoms with Crippen LogP contribution >= 0.6 is 0 Å². The number of hydrogen-bond acceptors (Lipinski definition) is 3. The van der Waals surface area contributed by atoms with E-state index in [4.69, 9.17) is 5.26 Å². The molecule has 1 aromatic carbocycles. The van der Waals surface area contributed by atoms with Crippen LogP contribution in [0.4, 0.5) is 10.1 Å². The molecule has 0 unspecified atom stereocenters. The van der Waals surface area contributed by atoms with E-state index in [0.717, 1.165) is 38.4 Å². The van der Waals surface area contributed by atoms with E-state index in [0.29, 0.717) is 11.3 Å². The van der Waals surface area contributed by atoms with Crippen LogP contribution < -0.4 is 10.2 Å². The monoisotopic (exact) mass is 261 g/mol. The second-order valence-corrected chi connectivity index (χ2v) is 5.10. The van der Waals surface area contributed by atoms with E-state index in [1.54, 1.807) is 12.1 Å². The van der Waals surface area contributed by atoms with E-state index in [2.05, 4.69) is 10.2 Å². The Morgan fingerprint density at radius 3 is 2.74 bits per heavy atom. The number of anilines is 1. The van der Waals surface area contributed by atoms with Gasteiger partial charge in [0.2, 0.25) is 0 Å². The van der Waals surface area contributed by atoms with Gasteiger partial charge in [-0.1, -0.05) is 0 Å². The molecule has 0 aliphatic carbocycles. The standard InChI is InChI=1S/C15H20FN3/c1-18-7-4-12-5-8-19(9-6-12)15-3-2-13(11-17)10-14(15)16/h2-3,10,12,18H,4-9H2,1H3. The SMILES string of the molecule is CNCCC1CCN(c2ccc(C#N)cc2F)CC1. The van der Waals surface area contributed by atoms with Crippen LogP contribution in [0.5, 0.6) is 0 Å². The maximum absolute atomic E-state index is 13.9. The smallest absolute Gasteiger partial charge is 0.147 e. The third-order valence-corrected chi connectivity index (χ3v) is 3.83. The van der Waals surface area contributed by atoms with E-state index in [9.17, 15) is 4.39 Å². The highest BCUT2D eigenvalue weighted by atomic mass is 19.1. The van der Waals surface area contributed by atoms with Gasteiger partial charge in [0.05, 0.1) is 17.3 Å². The lowest BCUT2D eigenvalue weighted by atomic mass is 9.93. The minimum absolute atomic E-state index is 0.285. The lowest BCUT2D eigenvalue weighted by Crippen LogP contribution is -2.35. The molecule has 0 spiro atoms. The van der Waals surface area contributed by atoms with Gasteiger partial charge in [0.25, 0.3) is 0 Å². The van der Waals surface area contributed by atoms with Gasteiger partial charge in [-0.3, -0.25) is 0 Å². The van der Waals surface area contributed by atoms with E-state index in [1.807, 2.05) is 13.1 Å². The summed E-state index contributed by atoms with van der Waals surface area (Å²) in [5.41, 5.74) is 1.01. The summed E-state index contributed by atoms with van der Waals surface area (Å²) < 4.78 is 13.9. The van der Waals surface area contributed by atoms with Crippen LogP contribution in [0.1, 0.15) is 24.8 Å². The highest BCUT2D eigenvalue weighted by molar-refractivity contribution is 5.51. The van der Waals surface area contributed by atoms with Crippen molar-refractivity contribution < 1.29 is 4.39 Å². The van der Waals surface area contributed by atoms with E-state index in [1.165, 1.54) is 12.5 Å². The Morgan fingerprint density at radius 1 is 1.42 bits per heavy atom. The zero-order valence-corrected chi connectivity index (χ0v) is 11.3. The summed E-state index contributed by atoms with van der Waals surface area (Å²) in [4.78, 5) is 2.09. The molecule has 19 heavy (non-hydrogen) atoms. The first-order valence-corrected chi connectivity index (χ1v) is 6.83. The van der Waals surface area contributed by atoms with Gasteiger partial charge >= 0.3 is 0 Å². The van der Waals surface area contributed by atoms with Crippen molar-refractivity contribution in [3.8, 4) is 6.07 Å². The summed E-state index contributed by atoms with van der Waals surface area (Å²) in [6.07, 6.45) is 3.42. The minimum atomic E-state index is -0.285. The van der Waals surface area contributed by atoms with Crippen LogP contribution in [0, 0.1) is 23.1 Å². The average molecular weight is 261 g/mol. The Labute approximate surface area is 114 Å². The molecule has 3 nitrogen and oxygen atoms in total. The van der Waals surface area contributed by atoms with Gasteiger partial charge in [0.1, 0.15) is 5.82 Å². The molecule has 1 N–H and O–H groups in total. The lowest BCUT2D eigenvalue weighted by molar-refractivity contribution is 0.376. The summed E-state index contributed by atoms with van der Waals surface area (Å²) in [6, 6.07) is 6.69. The molecule has 1 heterocycles. The van der Waals surface area contributed by atoms with Crippen molar-refractivity contribution in [2.45, 2.75) is 19.3 Å². The summed E-state index contributed by atoms with van der Waals surface area (Å²) in [5, 5.41) is 11.9. The van der Waals surface area contributed by atoms with Gasteiger partial charge in [-0.25, -0.2) is 4.39 Å². The van der Waals surface area contributed by atoms with Crippen molar-refractivity contribution in [3.63, 3.8) is 0 Å². The number of piperidine rings is 1. The Morgan fingerprint density at radius 2 is 2.16 bits per heavy atom. The molecular formula is C15H20FN3. The summed E-state index contributed by atoms with van der Waals surface area (Å²) >= 11 is 0. The van der Waals surface area contributed by atoms with Gasteiger partial charge in [-0.2, -0.15) is 5.26 Å². The number of nitrogens with zero attached hydrogens (tertiary/aromatic N) is 2. The molecular weight excluding hydrogens is 241 g/mol. The summed E-state index contributed by atoms with van der Waals surface area (Å²) in [7, 11) is 1.97. The highest BCUT2D eigenvalue weighted by Gasteiger charge is 2.20. The quantitative estimate of drug-likeness (QED) is 0.905. The fourth-order valence-electron chi connectivity index (χ4n) is 2.64. The molecule has 4 heteroatoms. The molecule has 102 valence electrons. The number of rotatable bonds is 4. The van der Waals surface area contributed by atoms with E-state index in [-0.39, 0.29) is 5.82 Å². The fraction of sp³-hybridized carbons (Fsp3) is 0.533. The van der Waals surface area contributed by atoms with Crippen LogP contribution in [-0.2, 0) is 0 Å². The number of hydrogen-bond donors (Lipinski definition) is 1. The molecule has 0 aromatic heterocycles. The van der Waals surface area contributed by atoms with Gasteiger partial charge in [0, 0.05) is 13.1 Å². The van der Waals surface area contributed by atoms with Gasteiger partial charge in [-0.15, -0.1) is 0 Å². The molecule has 0 atom stereocenters. The highest BCUT2D eigenvalue weighted by Crippen LogP contribution is 2.27. The Hall–Kier alpha value is -1.60. The van der Waals surface area contributed by atoms with Crippen molar-refractivity contribution >= 4 is 5.69 Å². The molecule has 1 aliphatic rings. The average Bonchev–Trinajstić information content (AvgIpc) is 2.45. The lowest BCUT2D eigenvalue weighted by Gasteiger charge is -2.33. The van der Waals surface area contributed by atoms with Crippen LogP contribution in [0.15, 0.2) is 18.2 Å². The van der Waals surface area contributed by atoms with Crippen molar-refractivity contribution in [2.75, 3.05) is 31.6 Å². The predicted molar refractivity (Wildman–Crippen MR) is 74.6 cm³/mol. The predicted octanol–water partition coefficient (Wildman–Crippen LogP) is 2.52. The Balaban J connectivity index is 1.96. The Kier molecular flexibility index (Phi) is 4.75. The maximum Gasteiger partial charge on any atom is 0.147 e. The summed E-state index contributed by atoms with van der Waals surface area (Å²) in [5.74, 6) is 0.456. The van der Waals surface area contributed by atoms with Crippen LogP contribution in [0.2, 0.25) is 0 Å². The molecule has 1 saturated heterocycles. The first-order valence-electron chi connectivity index (χ1n) is 6.83. The number of benzene rings is 1. The van der Waals surface area contributed by atoms with Crippen molar-refractivity contribution in [2.24, 2.45) is 5.92 Å². The van der Waals surface area contributed by atoms with Crippen LogP contribution in [0.25, 0.3) is 0 Å². The maximum atomic E-state index is 13.9. The molecule has 1 aliphatic heterocycles. The molecule has 1 aromatic rings. The van der Waals surface area contributed by atoms with Crippen LogP contribution in [-0.4, -0.2) is 26.7 Å². The fourth-order valence-corrected chi connectivity index (χ4v) is 2.64. The van der Waals surface area contributed by atoms with Gasteiger partial charge < -0.3 is 10.2 Å². The third kappa shape index (κ3) is 3.45. The van der Waals surface area contributed by atoms with Crippen LogP contribution in [0.3, 0.4) is 0 Å². The van der Waals surface area contributed by atoms with E-state index >= 15 is 0 Å². The first-order chi connectivity index (χ1) is 9.24. The molecule has 0 amide bonds. The van der Waals surface area contributed by atoms with Crippen molar-refractivity contribution in [1.29, 1.82) is 5.26 Å². The largest absolute Gasteiger partial charge is 0.369 e. The first kappa shape index (κ1) is 13.8. The molecule has 1 fully saturated rings. The number of halogens is 1. The second-order valence-electron chi connectivity index (χ2n) is 5.10. The topological polar surface area (TPSA) is 39.1 Å². The third-order valence-electron chi connectivity index (χ3n) is 3.83.